The number of carbonyl (C=O) groups excluding carboxylic acids is 2. The Hall–Kier alpha value is -4.18. The van der Waals surface area contributed by atoms with Gasteiger partial charge in [0.05, 0.1) is 29.9 Å². The van der Waals surface area contributed by atoms with Crippen molar-refractivity contribution in [3.63, 3.8) is 0 Å². The molecule has 3 N–H and O–H groups in total. The van der Waals surface area contributed by atoms with Gasteiger partial charge in [-0.15, -0.1) is 0 Å². The van der Waals surface area contributed by atoms with Crippen LogP contribution in [-0.2, 0) is 20.8 Å². The molecule has 1 aliphatic heterocycles. The molecule has 0 aliphatic carbocycles. The number of carboxylic acid groups (broad SMARTS) is 1. The molecule has 41 heavy (non-hydrogen) atoms. The zero-order valence-electron chi connectivity index (χ0n) is 23.6. The van der Waals surface area contributed by atoms with Gasteiger partial charge in [0.25, 0.3) is 5.91 Å². The first-order valence-corrected chi connectivity index (χ1v) is 13.5. The number of hydrogen-bond donors (Lipinski definition) is 3. The van der Waals surface area contributed by atoms with Crippen molar-refractivity contribution >= 4 is 57.7 Å². The fourth-order valence-electron chi connectivity index (χ4n) is 4.48. The molecule has 1 aliphatic rings. The molecule has 3 aromatic carbocycles. The molecule has 10 heteroatoms. The van der Waals surface area contributed by atoms with E-state index in [4.69, 9.17) is 16.7 Å². The van der Waals surface area contributed by atoms with E-state index in [9.17, 15) is 14.4 Å². The van der Waals surface area contributed by atoms with E-state index in [-0.39, 0.29) is 18.2 Å². The van der Waals surface area contributed by atoms with Crippen molar-refractivity contribution in [1.82, 2.24) is 9.80 Å². The van der Waals surface area contributed by atoms with Crippen LogP contribution in [0.4, 0.5) is 17.1 Å². The lowest BCUT2D eigenvalue weighted by atomic mass is 9.98. The number of aliphatic carboxylic acids is 1. The fraction of sp³-hybridized carbons (Fsp3) is 0.258. The quantitative estimate of drug-likeness (QED) is 0.292. The van der Waals surface area contributed by atoms with Crippen molar-refractivity contribution in [3.05, 3.63) is 88.4 Å². The number of carbonyl (C=O) groups is 3. The van der Waals surface area contributed by atoms with Gasteiger partial charge in [-0.25, -0.2) is 0 Å². The number of carboxylic acids is 1. The van der Waals surface area contributed by atoms with Gasteiger partial charge in [0.2, 0.25) is 5.91 Å². The standard InChI is InChI=1S/C31H34ClN5O4/c1-35(2)15-16-36(3)19-27(38)37(4)24-12-10-23(11-13-24)33-30(21-7-5-20(6-8-21)17-28(39)40)29-25-14-9-22(32)18-26(25)34-31(29)41/h5-14,18,33H,15-17,19H2,1-4H3,(H,34,41)(H,39,40)/b30-29-. The molecule has 0 saturated carbocycles. The van der Waals surface area contributed by atoms with Gasteiger partial charge in [-0.2, -0.15) is 0 Å². The predicted octanol–water partition coefficient (Wildman–Crippen LogP) is 4.36. The van der Waals surface area contributed by atoms with Crippen LogP contribution < -0.4 is 15.5 Å². The first-order valence-electron chi connectivity index (χ1n) is 13.2. The first kappa shape index (κ1) is 29.8. The van der Waals surface area contributed by atoms with E-state index in [0.29, 0.717) is 50.9 Å². The van der Waals surface area contributed by atoms with E-state index in [1.165, 1.54) is 0 Å². The maximum Gasteiger partial charge on any atom is 0.307 e. The predicted molar refractivity (Wildman–Crippen MR) is 164 cm³/mol. The molecule has 0 spiro atoms. The number of amides is 2. The average molecular weight is 576 g/mol. The molecular weight excluding hydrogens is 542 g/mol. The highest BCUT2D eigenvalue weighted by Gasteiger charge is 2.28. The Morgan fingerprint density at radius 3 is 2.24 bits per heavy atom. The number of fused-ring (bicyclic) bond motifs is 1. The number of likely N-dealkylation sites (N-methyl/N-ethyl adjacent to an activating group) is 3. The second-order valence-electron chi connectivity index (χ2n) is 10.3. The van der Waals surface area contributed by atoms with Gasteiger partial charge in [-0.05, 0) is 68.7 Å². The number of halogens is 1. The van der Waals surface area contributed by atoms with Crippen molar-refractivity contribution in [1.29, 1.82) is 0 Å². The number of nitrogens with zero attached hydrogens (tertiary/aromatic N) is 3. The van der Waals surface area contributed by atoms with Crippen LogP contribution in [0.15, 0.2) is 66.7 Å². The zero-order chi connectivity index (χ0) is 29.7. The normalized spacial score (nSPS) is 13.7. The molecule has 0 bridgehead atoms. The van der Waals surface area contributed by atoms with Gasteiger partial charge in [-0.3, -0.25) is 19.3 Å². The topological polar surface area (TPSA) is 105 Å². The fourth-order valence-corrected chi connectivity index (χ4v) is 4.65. The Bertz CT molecular complexity index is 1470. The highest BCUT2D eigenvalue weighted by molar-refractivity contribution is 6.38. The summed E-state index contributed by atoms with van der Waals surface area (Å²) in [5.74, 6) is -1.21. The van der Waals surface area contributed by atoms with Gasteiger partial charge < -0.3 is 25.5 Å². The van der Waals surface area contributed by atoms with Gasteiger partial charge in [-0.1, -0.05) is 41.9 Å². The first-order chi connectivity index (χ1) is 19.5. The Morgan fingerprint density at radius 1 is 0.927 bits per heavy atom. The van der Waals surface area contributed by atoms with Gasteiger partial charge in [0, 0.05) is 42.1 Å². The van der Waals surface area contributed by atoms with Crippen LogP contribution in [-0.4, -0.2) is 80.5 Å². The number of benzene rings is 3. The molecule has 1 heterocycles. The Morgan fingerprint density at radius 2 is 1.61 bits per heavy atom. The van der Waals surface area contributed by atoms with Crippen molar-refractivity contribution < 1.29 is 19.5 Å². The van der Waals surface area contributed by atoms with E-state index in [1.54, 1.807) is 54.4 Å². The minimum absolute atomic E-state index is 0.0193. The Kier molecular flexibility index (Phi) is 9.44. The maximum absolute atomic E-state index is 13.2. The van der Waals surface area contributed by atoms with E-state index in [1.807, 2.05) is 50.3 Å². The molecule has 214 valence electrons. The van der Waals surface area contributed by atoms with Gasteiger partial charge >= 0.3 is 5.97 Å². The molecule has 9 nitrogen and oxygen atoms in total. The second-order valence-corrected chi connectivity index (χ2v) is 10.8. The third-order valence-electron chi connectivity index (χ3n) is 6.81. The Labute approximate surface area is 245 Å². The van der Waals surface area contributed by atoms with E-state index < -0.39 is 5.97 Å². The third-order valence-corrected chi connectivity index (χ3v) is 7.04. The minimum Gasteiger partial charge on any atom is -0.481 e. The van der Waals surface area contributed by atoms with Crippen molar-refractivity contribution in [2.75, 3.05) is 63.4 Å². The number of hydrogen-bond acceptors (Lipinski definition) is 6. The molecule has 0 atom stereocenters. The lowest BCUT2D eigenvalue weighted by Gasteiger charge is -2.23. The lowest BCUT2D eigenvalue weighted by Crippen LogP contribution is -2.39. The number of anilines is 3. The van der Waals surface area contributed by atoms with Crippen LogP contribution in [0.1, 0.15) is 16.7 Å². The second kappa shape index (κ2) is 13.0. The van der Waals surface area contributed by atoms with E-state index >= 15 is 0 Å². The lowest BCUT2D eigenvalue weighted by molar-refractivity contribution is -0.136. The van der Waals surface area contributed by atoms with Crippen LogP contribution >= 0.6 is 11.6 Å². The summed E-state index contributed by atoms with van der Waals surface area (Å²) in [5, 5.41) is 15.9. The average Bonchev–Trinajstić information content (AvgIpc) is 3.25. The summed E-state index contributed by atoms with van der Waals surface area (Å²) in [6.07, 6.45) is -0.0967. The monoisotopic (exact) mass is 575 g/mol. The van der Waals surface area contributed by atoms with Crippen LogP contribution in [0.5, 0.6) is 0 Å². The molecule has 2 amide bonds. The summed E-state index contributed by atoms with van der Waals surface area (Å²) in [6, 6.07) is 19.7. The molecular formula is C31H34ClN5O4. The van der Waals surface area contributed by atoms with Crippen molar-refractivity contribution in [2.24, 2.45) is 0 Å². The minimum atomic E-state index is -0.917. The molecule has 0 radical (unpaired) electrons. The molecule has 0 saturated heterocycles. The summed E-state index contributed by atoms with van der Waals surface area (Å²) < 4.78 is 0. The molecule has 0 fully saturated rings. The summed E-state index contributed by atoms with van der Waals surface area (Å²) in [4.78, 5) is 42.9. The molecule has 0 aromatic heterocycles. The number of rotatable bonds is 11. The van der Waals surface area contributed by atoms with Crippen LogP contribution in [0, 0.1) is 0 Å². The largest absolute Gasteiger partial charge is 0.481 e. The highest BCUT2D eigenvalue weighted by Crippen LogP contribution is 2.39. The molecule has 0 unspecified atom stereocenters. The third kappa shape index (κ3) is 7.52. The van der Waals surface area contributed by atoms with Gasteiger partial charge in [0.1, 0.15) is 0 Å². The van der Waals surface area contributed by atoms with Gasteiger partial charge in [0.15, 0.2) is 0 Å². The van der Waals surface area contributed by atoms with Crippen LogP contribution in [0.2, 0.25) is 5.02 Å². The van der Waals surface area contributed by atoms with Crippen molar-refractivity contribution in [3.8, 4) is 0 Å². The van der Waals surface area contributed by atoms with Crippen LogP contribution in [0.3, 0.4) is 0 Å². The van der Waals surface area contributed by atoms with E-state index in [0.717, 1.165) is 18.8 Å². The summed E-state index contributed by atoms with van der Waals surface area (Å²) in [6.45, 7) is 1.95. The SMILES string of the molecule is CN(C)CCN(C)CC(=O)N(C)c1ccc(N/C(=C2\C(=O)Nc3cc(Cl)ccc32)c2ccc(CC(=O)O)cc2)cc1. The maximum atomic E-state index is 13.2. The summed E-state index contributed by atoms with van der Waals surface area (Å²) in [7, 11) is 7.68. The van der Waals surface area contributed by atoms with Crippen molar-refractivity contribution in [2.45, 2.75) is 6.42 Å². The molecule has 3 aromatic rings. The van der Waals surface area contributed by atoms with E-state index in [2.05, 4.69) is 15.5 Å². The molecule has 4 rings (SSSR count). The smallest absolute Gasteiger partial charge is 0.307 e. The highest BCUT2D eigenvalue weighted by atomic mass is 35.5. The number of nitrogens with one attached hydrogen (secondary N) is 2. The Balaban J connectivity index is 1.61. The summed E-state index contributed by atoms with van der Waals surface area (Å²) in [5.41, 5.74) is 5.15. The summed E-state index contributed by atoms with van der Waals surface area (Å²) >= 11 is 6.16. The zero-order valence-corrected chi connectivity index (χ0v) is 24.3. The van der Waals surface area contributed by atoms with Crippen LogP contribution in [0.25, 0.3) is 11.3 Å².